The SMILES string of the molecule is Cc1cccc(CNC(=O)c2cc(NCCN(C)C)ncn2)c1. The minimum atomic E-state index is -0.204. The highest BCUT2D eigenvalue weighted by molar-refractivity contribution is 5.92. The number of benzene rings is 1. The smallest absolute Gasteiger partial charge is 0.270 e. The predicted molar refractivity (Wildman–Crippen MR) is 91.4 cm³/mol. The number of anilines is 1. The lowest BCUT2D eigenvalue weighted by atomic mass is 10.1. The van der Waals surface area contributed by atoms with Crippen LogP contribution in [0.5, 0.6) is 0 Å². The maximum Gasteiger partial charge on any atom is 0.270 e. The normalized spacial score (nSPS) is 10.6. The molecule has 0 saturated heterocycles. The van der Waals surface area contributed by atoms with E-state index in [-0.39, 0.29) is 5.91 Å². The average molecular weight is 313 g/mol. The van der Waals surface area contributed by atoms with Crippen molar-refractivity contribution in [2.75, 3.05) is 32.5 Å². The van der Waals surface area contributed by atoms with E-state index >= 15 is 0 Å². The van der Waals surface area contributed by atoms with Crippen LogP contribution in [0, 0.1) is 6.92 Å². The lowest BCUT2D eigenvalue weighted by Gasteiger charge is -2.11. The number of carbonyl (C=O) groups is 1. The molecular weight excluding hydrogens is 290 g/mol. The number of likely N-dealkylation sites (N-methyl/N-ethyl adjacent to an activating group) is 1. The summed E-state index contributed by atoms with van der Waals surface area (Å²) in [5.74, 6) is 0.451. The molecule has 1 amide bonds. The Balaban J connectivity index is 1.91. The summed E-state index contributed by atoms with van der Waals surface area (Å²) < 4.78 is 0. The van der Waals surface area contributed by atoms with Crippen molar-refractivity contribution < 1.29 is 4.79 Å². The van der Waals surface area contributed by atoms with E-state index in [4.69, 9.17) is 0 Å². The van der Waals surface area contributed by atoms with Gasteiger partial charge in [0.2, 0.25) is 0 Å². The first-order valence-corrected chi connectivity index (χ1v) is 7.59. The van der Waals surface area contributed by atoms with Gasteiger partial charge in [0.15, 0.2) is 0 Å². The Labute approximate surface area is 137 Å². The van der Waals surface area contributed by atoms with Gasteiger partial charge in [-0.05, 0) is 26.6 Å². The topological polar surface area (TPSA) is 70.2 Å². The predicted octanol–water partition coefficient (Wildman–Crippen LogP) is 1.69. The Hall–Kier alpha value is -2.47. The molecule has 0 saturated carbocycles. The molecule has 0 atom stereocenters. The molecule has 0 aliphatic carbocycles. The number of carbonyl (C=O) groups excluding carboxylic acids is 1. The van der Waals surface area contributed by atoms with Crippen LogP contribution in [0.2, 0.25) is 0 Å². The van der Waals surface area contributed by atoms with Gasteiger partial charge < -0.3 is 15.5 Å². The third-order valence-electron chi connectivity index (χ3n) is 3.30. The van der Waals surface area contributed by atoms with Crippen molar-refractivity contribution in [1.29, 1.82) is 0 Å². The van der Waals surface area contributed by atoms with Gasteiger partial charge in [-0.3, -0.25) is 4.79 Å². The van der Waals surface area contributed by atoms with E-state index in [1.54, 1.807) is 6.07 Å². The van der Waals surface area contributed by atoms with Crippen LogP contribution < -0.4 is 10.6 Å². The van der Waals surface area contributed by atoms with E-state index < -0.39 is 0 Å². The van der Waals surface area contributed by atoms with Crippen molar-refractivity contribution in [3.63, 3.8) is 0 Å². The number of nitrogens with zero attached hydrogens (tertiary/aromatic N) is 3. The van der Waals surface area contributed by atoms with Crippen molar-refractivity contribution in [1.82, 2.24) is 20.2 Å². The second kappa shape index (κ2) is 8.24. The molecule has 0 radical (unpaired) electrons. The van der Waals surface area contributed by atoms with Gasteiger partial charge in [0.1, 0.15) is 17.8 Å². The van der Waals surface area contributed by atoms with Gasteiger partial charge in [-0.2, -0.15) is 0 Å². The summed E-state index contributed by atoms with van der Waals surface area (Å²) in [6.07, 6.45) is 1.40. The van der Waals surface area contributed by atoms with E-state index in [9.17, 15) is 4.79 Å². The zero-order valence-electron chi connectivity index (χ0n) is 13.8. The standard InChI is InChI=1S/C17H23N5O/c1-13-5-4-6-14(9-13)11-19-17(23)15-10-16(21-12-20-15)18-7-8-22(2)3/h4-6,9-10,12H,7-8,11H2,1-3H3,(H,19,23)(H,18,20,21). The van der Waals surface area contributed by atoms with Crippen molar-refractivity contribution in [3.05, 3.63) is 53.5 Å². The summed E-state index contributed by atoms with van der Waals surface area (Å²) >= 11 is 0. The Kier molecular flexibility index (Phi) is 6.05. The zero-order chi connectivity index (χ0) is 16.7. The minimum absolute atomic E-state index is 0.204. The molecule has 6 heteroatoms. The number of hydrogen-bond acceptors (Lipinski definition) is 5. The summed E-state index contributed by atoms with van der Waals surface area (Å²) in [6, 6.07) is 9.72. The number of aryl methyl sites for hydroxylation is 1. The van der Waals surface area contributed by atoms with Crippen molar-refractivity contribution in [3.8, 4) is 0 Å². The molecule has 2 aromatic rings. The first-order valence-electron chi connectivity index (χ1n) is 7.59. The van der Waals surface area contributed by atoms with Crippen LogP contribution in [-0.2, 0) is 6.54 Å². The van der Waals surface area contributed by atoms with E-state index in [2.05, 4.69) is 31.6 Å². The van der Waals surface area contributed by atoms with Gasteiger partial charge in [-0.1, -0.05) is 29.8 Å². The first kappa shape index (κ1) is 16.9. The summed E-state index contributed by atoms with van der Waals surface area (Å²) in [5, 5.41) is 6.06. The lowest BCUT2D eigenvalue weighted by Crippen LogP contribution is -2.24. The van der Waals surface area contributed by atoms with Crippen LogP contribution in [0.15, 0.2) is 36.7 Å². The first-order chi connectivity index (χ1) is 11.0. The summed E-state index contributed by atoms with van der Waals surface area (Å²) in [6.45, 7) is 4.16. The Bertz CT molecular complexity index is 657. The van der Waals surface area contributed by atoms with Gasteiger partial charge in [-0.25, -0.2) is 9.97 Å². The van der Waals surface area contributed by atoms with Gasteiger partial charge in [0.05, 0.1) is 0 Å². The number of aromatic nitrogens is 2. The molecule has 1 aromatic carbocycles. The summed E-state index contributed by atoms with van der Waals surface area (Å²) in [7, 11) is 4.01. The molecule has 6 nitrogen and oxygen atoms in total. The fraction of sp³-hybridized carbons (Fsp3) is 0.353. The molecule has 2 N–H and O–H groups in total. The molecule has 23 heavy (non-hydrogen) atoms. The van der Waals surface area contributed by atoms with E-state index in [1.807, 2.05) is 39.2 Å². The van der Waals surface area contributed by atoms with Gasteiger partial charge in [0.25, 0.3) is 5.91 Å². The molecule has 122 valence electrons. The van der Waals surface area contributed by atoms with Crippen LogP contribution in [0.3, 0.4) is 0 Å². The molecule has 1 heterocycles. The van der Waals surface area contributed by atoms with Crippen LogP contribution in [0.1, 0.15) is 21.6 Å². The van der Waals surface area contributed by atoms with Gasteiger partial charge in [0, 0.05) is 25.7 Å². The summed E-state index contributed by atoms with van der Waals surface area (Å²) in [4.78, 5) is 22.4. The molecule has 0 bridgehead atoms. The Morgan fingerprint density at radius 3 is 2.78 bits per heavy atom. The molecule has 0 aliphatic heterocycles. The maximum atomic E-state index is 12.2. The van der Waals surface area contributed by atoms with E-state index in [0.717, 1.165) is 18.7 Å². The molecular formula is C17H23N5O. The second-order valence-corrected chi connectivity index (χ2v) is 5.69. The monoisotopic (exact) mass is 313 g/mol. The third kappa shape index (κ3) is 5.67. The van der Waals surface area contributed by atoms with Crippen molar-refractivity contribution in [2.45, 2.75) is 13.5 Å². The largest absolute Gasteiger partial charge is 0.369 e. The molecule has 0 spiro atoms. The van der Waals surface area contributed by atoms with Gasteiger partial charge in [-0.15, -0.1) is 0 Å². The van der Waals surface area contributed by atoms with Crippen molar-refractivity contribution >= 4 is 11.7 Å². The highest BCUT2D eigenvalue weighted by atomic mass is 16.1. The van der Waals surface area contributed by atoms with Crippen LogP contribution in [0.25, 0.3) is 0 Å². The fourth-order valence-corrected chi connectivity index (χ4v) is 2.08. The maximum absolute atomic E-state index is 12.2. The zero-order valence-corrected chi connectivity index (χ0v) is 13.8. The van der Waals surface area contributed by atoms with Crippen LogP contribution >= 0.6 is 0 Å². The Morgan fingerprint density at radius 2 is 2.04 bits per heavy atom. The number of nitrogens with one attached hydrogen (secondary N) is 2. The average Bonchev–Trinajstić information content (AvgIpc) is 2.52. The summed E-state index contributed by atoms with van der Waals surface area (Å²) in [5.41, 5.74) is 2.60. The van der Waals surface area contributed by atoms with Gasteiger partial charge >= 0.3 is 0 Å². The van der Waals surface area contributed by atoms with Crippen LogP contribution in [-0.4, -0.2) is 48.0 Å². The van der Waals surface area contributed by atoms with Crippen molar-refractivity contribution in [2.24, 2.45) is 0 Å². The third-order valence-corrected chi connectivity index (χ3v) is 3.30. The molecule has 1 aromatic heterocycles. The minimum Gasteiger partial charge on any atom is -0.369 e. The van der Waals surface area contributed by atoms with E-state index in [1.165, 1.54) is 11.9 Å². The molecule has 0 unspecified atom stereocenters. The lowest BCUT2D eigenvalue weighted by molar-refractivity contribution is 0.0946. The highest BCUT2D eigenvalue weighted by Gasteiger charge is 2.08. The van der Waals surface area contributed by atoms with E-state index in [0.29, 0.717) is 18.1 Å². The Morgan fingerprint density at radius 1 is 1.22 bits per heavy atom. The number of hydrogen-bond donors (Lipinski definition) is 2. The molecule has 2 rings (SSSR count). The second-order valence-electron chi connectivity index (χ2n) is 5.69. The quantitative estimate of drug-likeness (QED) is 0.814. The molecule has 0 aliphatic rings. The highest BCUT2D eigenvalue weighted by Crippen LogP contribution is 2.06. The van der Waals surface area contributed by atoms with Crippen LogP contribution in [0.4, 0.5) is 5.82 Å². The number of amides is 1. The fourth-order valence-electron chi connectivity index (χ4n) is 2.08. The number of rotatable bonds is 7. The molecule has 0 fully saturated rings.